The molecule has 1 aliphatic rings. The van der Waals surface area contributed by atoms with Gasteiger partial charge in [0.05, 0.1) is 35.0 Å². The molecule has 0 aliphatic carbocycles. The minimum absolute atomic E-state index is 0.102. The molecule has 1 amide bonds. The van der Waals surface area contributed by atoms with Crippen LogP contribution in [0.3, 0.4) is 0 Å². The highest BCUT2D eigenvalue weighted by atomic mass is 32.1. The fourth-order valence-electron chi connectivity index (χ4n) is 4.27. The Kier molecular flexibility index (Phi) is 6.62. The molecule has 0 saturated carbocycles. The van der Waals surface area contributed by atoms with Crippen LogP contribution in [0.5, 0.6) is 11.5 Å². The van der Waals surface area contributed by atoms with E-state index in [-0.39, 0.29) is 16.9 Å². The van der Waals surface area contributed by atoms with Gasteiger partial charge in [0.1, 0.15) is 23.1 Å². The standard InChI is InChI=1S/C28H23FN2O5S/c1-3-35-19-11-7-16(8-12-19)24-23(25(32)17-5-9-18(29)10-6-17)26(33)27(34)31(24)28-30-21-14-13-20(36-4-2)15-22(21)37-28/h5-15,24,32H,3-4H2,1-2H3/t24-/m1/s1. The van der Waals surface area contributed by atoms with E-state index in [1.54, 1.807) is 36.4 Å². The molecule has 7 nitrogen and oxygen atoms in total. The number of carbonyl (C=O) groups is 2. The number of aromatic nitrogens is 1. The van der Waals surface area contributed by atoms with Crippen molar-refractivity contribution in [3.8, 4) is 11.5 Å². The normalized spacial score (nSPS) is 16.9. The van der Waals surface area contributed by atoms with Crippen LogP contribution in [0, 0.1) is 5.82 Å². The predicted molar refractivity (Wildman–Crippen MR) is 140 cm³/mol. The third kappa shape index (κ3) is 4.53. The predicted octanol–water partition coefficient (Wildman–Crippen LogP) is 5.86. The third-order valence-electron chi connectivity index (χ3n) is 5.93. The summed E-state index contributed by atoms with van der Waals surface area (Å²) in [5.74, 6) is -1.24. The number of rotatable bonds is 7. The van der Waals surface area contributed by atoms with Gasteiger partial charge in [0.15, 0.2) is 5.13 Å². The van der Waals surface area contributed by atoms with Gasteiger partial charge in [0.2, 0.25) is 0 Å². The lowest BCUT2D eigenvalue weighted by Crippen LogP contribution is -2.29. The number of ether oxygens (including phenoxy) is 2. The van der Waals surface area contributed by atoms with Crippen molar-refractivity contribution in [1.29, 1.82) is 0 Å². The Hall–Kier alpha value is -4.24. The van der Waals surface area contributed by atoms with Gasteiger partial charge < -0.3 is 14.6 Å². The maximum Gasteiger partial charge on any atom is 0.301 e. The van der Waals surface area contributed by atoms with Crippen LogP contribution >= 0.6 is 11.3 Å². The molecule has 0 spiro atoms. The molecular weight excluding hydrogens is 495 g/mol. The fourth-order valence-corrected chi connectivity index (χ4v) is 5.29. The maximum atomic E-state index is 13.5. The number of aliphatic hydroxyl groups is 1. The summed E-state index contributed by atoms with van der Waals surface area (Å²) in [6.45, 7) is 4.75. The number of thiazole rings is 1. The van der Waals surface area contributed by atoms with Crippen molar-refractivity contribution in [3.63, 3.8) is 0 Å². The number of nitrogens with zero attached hydrogens (tertiary/aromatic N) is 2. The van der Waals surface area contributed by atoms with E-state index in [4.69, 9.17) is 9.47 Å². The minimum Gasteiger partial charge on any atom is -0.507 e. The van der Waals surface area contributed by atoms with Gasteiger partial charge in [-0.05, 0) is 74.0 Å². The number of amides is 1. The second kappa shape index (κ2) is 10.0. The number of carbonyl (C=O) groups excluding carboxylic acids is 2. The van der Waals surface area contributed by atoms with Gasteiger partial charge in [0, 0.05) is 5.56 Å². The number of Topliss-reactive ketones (excluding diaryl/α,β-unsaturated/α-hetero) is 1. The topological polar surface area (TPSA) is 89.0 Å². The van der Waals surface area contributed by atoms with Gasteiger partial charge >= 0.3 is 5.91 Å². The average molecular weight is 519 g/mol. The van der Waals surface area contributed by atoms with Crippen molar-refractivity contribution in [3.05, 3.63) is 89.2 Å². The SMILES string of the molecule is CCOc1ccc([C@@H]2C(=C(O)c3ccc(F)cc3)C(=O)C(=O)N2c2nc3ccc(OCC)cc3s2)cc1. The Bertz CT molecular complexity index is 1510. The molecule has 1 saturated heterocycles. The minimum atomic E-state index is -0.951. The molecule has 2 heterocycles. The molecule has 0 bridgehead atoms. The van der Waals surface area contributed by atoms with Gasteiger partial charge in [-0.3, -0.25) is 14.5 Å². The molecule has 3 aromatic carbocycles. The molecule has 1 fully saturated rings. The molecule has 37 heavy (non-hydrogen) atoms. The van der Waals surface area contributed by atoms with Crippen molar-refractivity contribution in [2.75, 3.05) is 18.1 Å². The van der Waals surface area contributed by atoms with Crippen LogP contribution in [-0.2, 0) is 9.59 Å². The van der Waals surface area contributed by atoms with Crippen LogP contribution in [0.15, 0.2) is 72.3 Å². The van der Waals surface area contributed by atoms with Crippen molar-refractivity contribution >= 4 is 44.1 Å². The van der Waals surface area contributed by atoms with Crippen LogP contribution in [-0.4, -0.2) is 35.0 Å². The number of ketones is 1. The first-order chi connectivity index (χ1) is 17.9. The second-order valence-corrected chi connectivity index (χ2v) is 9.25. The summed E-state index contributed by atoms with van der Waals surface area (Å²) < 4.78 is 25.4. The first-order valence-corrected chi connectivity index (χ1v) is 12.6. The number of halogens is 1. The van der Waals surface area contributed by atoms with Crippen molar-refractivity contribution in [1.82, 2.24) is 4.98 Å². The molecule has 5 rings (SSSR count). The molecule has 1 N–H and O–H groups in total. The van der Waals surface area contributed by atoms with Crippen LogP contribution in [0.1, 0.15) is 31.0 Å². The number of aliphatic hydroxyl groups excluding tert-OH is 1. The van der Waals surface area contributed by atoms with Gasteiger partial charge in [-0.2, -0.15) is 0 Å². The summed E-state index contributed by atoms with van der Waals surface area (Å²) in [5, 5.41) is 11.5. The van der Waals surface area contributed by atoms with Crippen LogP contribution in [0.4, 0.5) is 9.52 Å². The molecule has 188 valence electrons. The van der Waals surface area contributed by atoms with E-state index in [1.165, 1.54) is 40.5 Å². The van der Waals surface area contributed by atoms with E-state index < -0.39 is 23.5 Å². The van der Waals surface area contributed by atoms with Crippen LogP contribution in [0.2, 0.25) is 0 Å². The Morgan fingerprint density at radius 2 is 1.62 bits per heavy atom. The van der Waals surface area contributed by atoms with E-state index in [9.17, 15) is 19.1 Å². The molecule has 9 heteroatoms. The monoisotopic (exact) mass is 518 g/mol. The summed E-state index contributed by atoms with van der Waals surface area (Å²) in [6, 6.07) is 16.5. The van der Waals surface area contributed by atoms with Gasteiger partial charge in [-0.25, -0.2) is 9.37 Å². The molecule has 0 unspecified atom stereocenters. The highest BCUT2D eigenvalue weighted by Gasteiger charge is 2.48. The Labute approximate surface area is 216 Å². The van der Waals surface area contributed by atoms with E-state index in [2.05, 4.69) is 4.98 Å². The quantitative estimate of drug-likeness (QED) is 0.187. The Balaban J connectivity index is 1.67. The Morgan fingerprint density at radius 3 is 2.30 bits per heavy atom. The highest BCUT2D eigenvalue weighted by Crippen LogP contribution is 2.44. The molecule has 4 aromatic rings. The maximum absolute atomic E-state index is 13.5. The third-order valence-corrected chi connectivity index (χ3v) is 6.95. The molecule has 1 atom stereocenters. The van der Waals surface area contributed by atoms with E-state index >= 15 is 0 Å². The van der Waals surface area contributed by atoms with E-state index in [0.717, 1.165) is 4.70 Å². The summed E-state index contributed by atoms with van der Waals surface area (Å²) in [6.07, 6.45) is 0. The van der Waals surface area contributed by atoms with Crippen molar-refractivity contribution in [2.45, 2.75) is 19.9 Å². The first kappa shape index (κ1) is 24.5. The number of anilines is 1. The largest absolute Gasteiger partial charge is 0.507 e. The Morgan fingerprint density at radius 1 is 0.973 bits per heavy atom. The number of fused-ring (bicyclic) bond motifs is 1. The zero-order valence-corrected chi connectivity index (χ0v) is 20.9. The summed E-state index contributed by atoms with van der Waals surface area (Å²) in [5.41, 5.74) is 1.35. The number of benzene rings is 3. The molecule has 1 aromatic heterocycles. The first-order valence-electron chi connectivity index (χ1n) is 11.7. The molecular formula is C28H23FN2O5S. The van der Waals surface area contributed by atoms with Crippen molar-refractivity contribution < 1.29 is 28.6 Å². The average Bonchev–Trinajstić information content (AvgIpc) is 3.43. The smallest absolute Gasteiger partial charge is 0.301 e. The van der Waals surface area contributed by atoms with E-state index in [1.807, 2.05) is 19.9 Å². The van der Waals surface area contributed by atoms with Gasteiger partial charge in [0.25, 0.3) is 5.78 Å². The van der Waals surface area contributed by atoms with Gasteiger partial charge in [-0.15, -0.1) is 0 Å². The molecule has 1 aliphatic heterocycles. The van der Waals surface area contributed by atoms with Gasteiger partial charge in [-0.1, -0.05) is 23.5 Å². The summed E-state index contributed by atoms with van der Waals surface area (Å²) in [7, 11) is 0. The zero-order valence-electron chi connectivity index (χ0n) is 20.1. The lowest BCUT2D eigenvalue weighted by Gasteiger charge is -2.23. The van der Waals surface area contributed by atoms with Crippen molar-refractivity contribution in [2.24, 2.45) is 0 Å². The molecule has 0 radical (unpaired) electrons. The second-order valence-electron chi connectivity index (χ2n) is 8.24. The number of hydrogen-bond donors (Lipinski definition) is 1. The lowest BCUT2D eigenvalue weighted by molar-refractivity contribution is -0.132. The van der Waals surface area contributed by atoms with E-state index in [0.29, 0.717) is 40.9 Å². The highest BCUT2D eigenvalue weighted by molar-refractivity contribution is 7.22. The lowest BCUT2D eigenvalue weighted by atomic mass is 9.95. The fraction of sp³-hybridized carbons (Fsp3) is 0.179. The summed E-state index contributed by atoms with van der Waals surface area (Å²) >= 11 is 1.24. The van der Waals surface area contributed by atoms with Crippen LogP contribution < -0.4 is 14.4 Å². The van der Waals surface area contributed by atoms with Crippen LogP contribution in [0.25, 0.3) is 16.0 Å². The summed E-state index contributed by atoms with van der Waals surface area (Å²) in [4.78, 5) is 32.6. The zero-order chi connectivity index (χ0) is 26.1. The number of hydrogen-bond acceptors (Lipinski definition) is 7.